The Bertz CT molecular complexity index is 604. The van der Waals surface area contributed by atoms with Crippen LogP contribution in [0.15, 0.2) is 30.6 Å². The van der Waals surface area contributed by atoms with Gasteiger partial charge in [-0.25, -0.2) is 14.4 Å². The summed E-state index contributed by atoms with van der Waals surface area (Å²) in [5.41, 5.74) is 0.771. The van der Waals surface area contributed by atoms with E-state index in [1.807, 2.05) is 0 Å². The molecule has 4 nitrogen and oxygen atoms in total. The van der Waals surface area contributed by atoms with Crippen LogP contribution in [0.2, 0.25) is 5.15 Å². The molecule has 2 aromatic rings. The van der Waals surface area contributed by atoms with Gasteiger partial charge in [-0.2, -0.15) is 0 Å². The number of nitrogens with zero attached hydrogens (tertiary/aromatic N) is 2. The van der Waals surface area contributed by atoms with Crippen LogP contribution in [0.1, 0.15) is 15.9 Å². The summed E-state index contributed by atoms with van der Waals surface area (Å²) in [4.78, 5) is 19.5. The van der Waals surface area contributed by atoms with E-state index in [0.717, 1.165) is 17.8 Å². The number of anilines is 1. The van der Waals surface area contributed by atoms with E-state index in [4.69, 9.17) is 11.6 Å². The van der Waals surface area contributed by atoms with Crippen LogP contribution in [0.5, 0.6) is 0 Å². The zero-order chi connectivity index (χ0) is 13.1. The number of nitrogens with one attached hydrogen (secondary N) is 1. The van der Waals surface area contributed by atoms with Crippen LogP contribution in [0.25, 0.3) is 0 Å². The Balaban J connectivity index is 2.28. The zero-order valence-electron chi connectivity index (χ0n) is 9.45. The van der Waals surface area contributed by atoms with Crippen molar-refractivity contribution in [3.05, 3.63) is 52.7 Å². The number of carbonyl (C=O) groups is 1. The first-order valence-electron chi connectivity index (χ1n) is 5.12. The van der Waals surface area contributed by atoms with Crippen LogP contribution >= 0.6 is 11.6 Å². The van der Waals surface area contributed by atoms with E-state index in [1.165, 1.54) is 0 Å². The van der Waals surface area contributed by atoms with E-state index in [2.05, 4.69) is 15.3 Å². The van der Waals surface area contributed by atoms with Crippen molar-refractivity contribution < 1.29 is 9.18 Å². The van der Waals surface area contributed by atoms with Crippen molar-refractivity contribution in [2.24, 2.45) is 0 Å². The highest BCUT2D eigenvalue weighted by atomic mass is 35.5. The molecule has 0 spiro atoms. The van der Waals surface area contributed by atoms with Crippen molar-refractivity contribution >= 4 is 23.3 Å². The molecule has 0 atom stereocenters. The molecular formula is C12H9ClFN3O. The fraction of sp³-hybridized carbons (Fsp3) is 0.0833. The van der Waals surface area contributed by atoms with Crippen molar-refractivity contribution in [1.82, 2.24) is 9.97 Å². The van der Waals surface area contributed by atoms with Gasteiger partial charge in [0.25, 0.3) is 5.91 Å². The Morgan fingerprint density at radius 2 is 2.22 bits per heavy atom. The molecule has 0 bridgehead atoms. The van der Waals surface area contributed by atoms with Crippen LogP contribution in [-0.2, 0) is 0 Å². The van der Waals surface area contributed by atoms with Crippen LogP contribution in [0.4, 0.5) is 10.2 Å². The van der Waals surface area contributed by atoms with E-state index in [9.17, 15) is 9.18 Å². The van der Waals surface area contributed by atoms with Crippen LogP contribution in [0.3, 0.4) is 0 Å². The Morgan fingerprint density at radius 1 is 1.44 bits per heavy atom. The highest BCUT2D eigenvalue weighted by Gasteiger charge is 2.14. The Hall–Kier alpha value is -2.01. The summed E-state index contributed by atoms with van der Waals surface area (Å²) in [5.74, 6) is -0.765. The number of aromatic nitrogens is 2. The van der Waals surface area contributed by atoms with Crippen molar-refractivity contribution in [1.29, 1.82) is 0 Å². The van der Waals surface area contributed by atoms with Crippen molar-refractivity contribution in [3.8, 4) is 0 Å². The molecule has 0 unspecified atom stereocenters. The average molecular weight is 266 g/mol. The predicted molar refractivity (Wildman–Crippen MR) is 66.1 cm³/mol. The fourth-order valence-corrected chi connectivity index (χ4v) is 1.56. The smallest absolute Gasteiger partial charge is 0.260 e. The Kier molecular flexibility index (Phi) is 3.53. The number of rotatable bonds is 2. The Morgan fingerprint density at radius 3 is 2.94 bits per heavy atom. The number of halogens is 2. The number of amides is 1. The maximum Gasteiger partial charge on any atom is 0.260 e. The number of aryl methyl sites for hydroxylation is 1. The summed E-state index contributed by atoms with van der Waals surface area (Å²) in [6.07, 6.45) is 2.50. The van der Waals surface area contributed by atoms with Gasteiger partial charge < -0.3 is 5.32 Å². The van der Waals surface area contributed by atoms with E-state index in [0.29, 0.717) is 5.82 Å². The van der Waals surface area contributed by atoms with Crippen LogP contribution < -0.4 is 5.32 Å². The van der Waals surface area contributed by atoms with Gasteiger partial charge in [0.1, 0.15) is 16.8 Å². The number of hydrogen-bond donors (Lipinski definition) is 1. The predicted octanol–water partition coefficient (Wildman–Crippen LogP) is 2.83. The lowest BCUT2D eigenvalue weighted by molar-refractivity contribution is 0.102. The molecule has 18 heavy (non-hydrogen) atoms. The van der Waals surface area contributed by atoms with Gasteiger partial charge in [-0.1, -0.05) is 17.7 Å². The summed E-state index contributed by atoms with van der Waals surface area (Å²) >= 11 is 5.74. The second kappa shape index (κ2) is 5.10. The van der Waals surface area contributed by atoms with Crippen LogP contribution in [0, 0.1) is 12.7 Å². The third-order valence-electron chi connectivity index (χ3n) is 2.29. The molecule has 0 fully saturated rings. The molecule has 2 heterocycles. The number of carbonyl (C=O) groups excluding carboxylic acids is 1. The van der Waals surface area contributed by atoms with Gasteiger partial charge in [-0.3, -0.25) is 4.79 Å². The average Bonchev–Trinajstić information content (AvgIpc) is 2.35. The summed E-state index contributed by atoms with van der Waals surface area (Å²) in [7, 11) is 0. The molecule has 6 heteroatoms. The molecule has 1 amide bonds. The van der Waals surface area contributed by atoms with E-state index in [-0.39, 0.29) is 10.7 Å². The maximum atomic E-state index is 13.0. The SMILES string of the molecule is Cc1cccnc1NC(=O)c1cc(F)cnc1Cl. The summed E-state index contributed by atoms with van der Waals surface area (Å²) in [5, 5.41) is 2.50. The molecule has 0 aliphatic heterocycles. The van der Waals surface area contributed by atoms with Crippen molar-refractivity contribution in [3.63, 3.8) is 0 Å². The molecule has 2 aromatic heterocycles. The highest BCUT2D eigenvalue weighted by molar-refractivity contribution is 6.33. The molecule has 0 radical (unpaired) electrons. The van der Waals surface area contributed by atoms with Gasteiger partial charge in [0.2, 0.25) is 0 Å². The maximum absolute atomic E-state index is 13.0. The van der Waals surface area contributed by atoms with E-state index in [1.54, 1.807) is 25.3 Å². The van der Waals surface area contributed by atoms with Crippen molar-refractivity contribution in [2.75, 3.05) is 5.32 Å². The molecule has 0 aliphatic rings. The molecule has 0 aromatic carbocycles. The van der Waals surface area contributed by atoms with Gasteiger partial charge in [0.05, 0.1) is 11.8 Å². The minimum absolute atomic E-state index is 0.0262. The lowest BCUT2D eigenvalue weighted by atomic mass is 10.2. The second-order valence-corrected chi connectivity index (χ2v) is 3.97. The first-order valence-corrected chi connectivity index (χ1v) is 5.50. The van der Waals surface area contributed by atoms with Gasteiger partial charge in [-0.05, 0) is 24.6 Å². The lowest BCUT2D eigenvalue weighted by Crippen LogP contribution is -2.15. The number of pyridine rings is 2. The van der Waals surface area contributed by atoms with Crippen molar-refractivity contribution in [2.45, 2.75) is 6.92 Å². The van der Waals surface area contributed by atoms with E-state index >= 15 is 0 Å². The third-order valence-corrected chi connectivity index (χ3v) is 2.59. The number of hydrogen-bond acceptors (Lipinski definition) is 3. The van der Waals surface area contributed by atoms with Gasteiger partial charge in [0.15, 0.2) is 0 Å². The monoisotopic (exact) mass is 265 g/mol. The molecule has 2 rings (SSSR count). The molecule has 1 N–H and O–H groups in total. The van der Waals surface area contributed by atoms with Gasteiger partial charge in [0, 0.05) is 6.20 Å². The fourth-order valence-electron chi connectivity index (χ4n) is 1.37. The van der Waals surface area contributed by atoms with E-state index < -0.39 is 11.7 Å². The molecule has 0 saturated carbocycles. The second-order valence-electron chi connectivity index (χ2n) is 3.61. The largest absolute Gasteiger partial charge is 0.306 e. The van der Waals surface area contributed by atoms with Gasteiger partial charge in [-0.15, -0.1) is 0 Å². The first kappa shape index (κ1) is 12.4. The lowest BCUT2D eigenvalue weighted by Gasteiger charge is -2.07. The molecule has 0 aliphatic carbocycles. The van der Waals surface area contributed by atoms with Crippen LogP contribution in [-0.4, -0.2) is 15.9 Å². The standard InChI is InChI=1S/C12H9ClFN3O/c1-7-3-2-4-15-11(7)17-12(18)9-5-8(14)6-16-10(9)13/h2-6H,1H3,(H,15,17,18). The quantitative estimate of drug-likeness (QED) is 0.850. The minimum Gasteiger partial charge on any atom is -0.306 e. The van der Waals surface area contributed by atoms with Gasteiger partial charge >= 0.3 is 0 Å². The highest BCUT2D eigenvalue weighted by Crippen LogP contribution is 2.16. The summed E-state index contributed by atoms with van der Waals surface area (Å²) < 4.78 is 13.0. The minimum atomic E-state index is -0.623. The third kappa shape index (κ3) is 2.62. The normalized spacial score (nSPS) is 10.2. The first-order chi connectivity index (χ1) is 8.58. The summed E-state index contributed by atoms with van der Waals surface area (Å²) in [6, 6.07) is 4.58. The summed E-state index contributed by atoms with van der Waals surface area (Å²) in [6.45, 7) is 1.80. The molecule has 0 saturated heterocycles. The Labute approximate surface area is 108 Å². The topological polar surface area (TPSA) is 54.9 Å². The molecule has 92 valence electrons. The molecular weight excluding hydrogens is 257 g/mol. The zero-order valence-corrected chi connectivity index (χ0v) is 10.2.